The number of hydrogen-bond acceptors (Lipinski definition) is 5. The normalized spacial score (nSPS) is 22.9. The van der Waals surface area contributed by atoms with Gasteiger partial charge in [0.1, 0.15) is 12.1 Å². The van der Waals surface area contributed by atoms with E-state index in [1.807, 2.05) is 13.0 Å². The first-order valence-corrected chi connectivity index (χ1v) is 6.38. The second-order valence-corrected chi connectivity index (χ2v) is 5.22. The summed E-state index contributed by atoms with van der Waals surface area (Å²) < 4.78 is 11.3. The zero-order valence-corrected chi connectivity index (χ0v) is 11.5. The zero-order valence-electron chi connectivity index (χ0n) is 11.5. The molecule has 0 aliphatic carbocycles. The molecule has 18 heavy (non-hydrogen) atoms. The van der Waals surface area contributed by atoms with Crippen LogP contribution in [0, 0.1) is 0 Å². The molecule has 2 heterocycles. The van der Waals surface area contributed by atoms with Crippen LogP contribution in [0.3, 0.4) is 0 Å². The third kappa shape index (κ3) is 3.10. The third-order valence-electron chi connectivity index (χ3n) is 2.81. The molecule has 0 bridgehead atoms. The van der Waals surface area contributed by atoms with Crippen LogP contribution in [0.15, 0.2) is 12.4 Å². The van der Waals surface area contributed by atoms with Crippen LogP contribution >= 0.6 is 0 Å². The number of ether oxygens (including phenoxy) is 2. The number of rotatable bonds is 3. The number of aromatic nitrogens is 2. The minimum atomic E-state index is -0.158. The highest BCUT2D eigenvalue weighted by Crippen LogP contribution is 2.25. The van der Waals surface area contributed by atoms with E-state index in [1.54, 1.807) is 6.33 Å². The molecule has 0 aromatic carbocycles. The smallest absolute Gasteiger partial charge is 0.218 e. The van der Waals surface area contributed by atoms with Gasteiger partial charge in [-0.05, 0) is 27.7 Å². The number of anilines is 1. The number of nitrogens with zero attached hydrogens (tertiary/aromatic N) is 3. The van der Waals surface area contributed by atoms with Gasteiger partial charge in [-0.1, -0.05) is 0 Å². The molecule has 1 aliphatic rings. The Kier molecular flexibility index (Phi) is 3.71. The topological polar surface area (TPSA) is 47.5 Å². The molecule has 1 aromatic heterocycles. The highest BCUT2D eigenvalue weighted by Gasteiger charge is 2.32. The first-order chi connectivity index (χ1) is 8.50. The fourth-order valence-electron chi connectivity index (χ4n) is 2.36. The van der Waals surface area contributed by atoms with Gasteiger partial charge in [-0.3, -0.25) is 0 Å². The summed E-state index contributed by atoms with van der Waals surface area (Å²) in [6.07, 6.45) is 1.74. The lowest BCUT2D eigenvalue weighted by atomic mass is 10.1. The standard InChI is InChI=1S/C13H21N3O2/c1-5-17-12-6-11(14-9-15-12)16-7-10(2)18-13(3,4)8-16/h6,9-10H,5,7-8H2,1-4H3/t10-/m1/s1. The maximum atomic E-state index is 5.89. The van der Waals surface area contributed by atoms with Gasteiger partial charge in [0.05, 0.1) is 18.3 Å². The van der Waals surface area contributed by atoms with Crippen molar-refractivity contribution in [3.05, 3.63) is 12.4 Å². The van der Waals surface area contributed by atoms with E-state index < -0.39 is 0 Å². The van der Waals surface area contributed by atoms with Crippen molar-refractivity contribution < 1.29 is 9.47 Å². The number of morpholine rings is 1. The van der Waals surface area contributed by atoms with Crippen molar-refractivity contribution in [3.8, 4) is 5.88 Å². The van der Waals surface area contributed by atoms with Crippen molar-refractivity contribution in [3.63, 3.8) is 0 Å². The summed E-state index contributed by atoms with van der Waals surface area (Å²) in [5.41, 5.74) is -0.158. The van der Waals surface area contributed by atoms with Crippen LogP contribution in [0.5, 0.6) is 5.88 Å². The van der Waals surface area contributed by atoms with Gasteiger partial charge in [0.15, 0.2) is 0 Å². The molecule has 0 radical (unpaired) electrons. The van der Waals surface area contributed by atoms with E-state index in [0.29, 0.717) is 12.5 Å². The van der Waals surface area contributed by atoms with Crippen molar-refractivity contribution in [1.82, 2.24) is 9.97 Å². The molecule has 1 saturated heterocycles. The zero-order chi connectivity index (χ0) is 13.2. The molecule has 1 aromatic rings. The molecule has 0 saturated carbocycles. The molecule has 0 unspecified atom stereocenters. The van der Waals surface area contributed by atoms with Crippen LogP contribution in [0.25, 0.3) is 0 Å². The van der Waals surface area contributed by atoms with E-state index in [2.05, 4.69) is 35.6 Å². The maximum absolute atomic E-state index is 5.89. The lowest BCUT2D eigenvalue weighted by Gasteiger charge is -2.42. The van der Waals surface area contributed by atoms with Gasteiger partial charge in [0.25, 0.3) is 0 Å². The van der Waals surface area contributed by atoms with Crippen LogP contribution < -0.4 is 9.64 Å². The van der Waals surface area contributed by atoms with E-state index in [1.165, 1.54) is 0 Å². The predicted molar refractivity (Wildman–Crippen MR) is 70.0 cm³/mol. The summed E-state index contributed by atoms with van der Waals surface area (Å²) >= 11 is 0. The Morgan fingerprint density at radius 3 is 2.94 bits per heavy atom. The Morgan fingerprint density at radius 1 is 1.50 bits per heavy atom. The monoisotopic (exact) mass is 251 g/mol. The molecule has 5 nitrogen and oxygen atoms in total. The average Bonchev–Trinajstić information content (AvgIpc) is 2.27. The summed E-state index contributed by atoms with van der Waals surface area (Å²) in [6.45, 7) is 10.5. The molecule has 1 atom stereocenters. The molecule has 100 valence electrons. The molecule has 2 rings (SSSR count). The quantitative estimate of drug-likeness (QED) is 0.821. The van der Waals surface area contributed by atoms with Crippen LogP contribution in [0.1, 0.15) is 27.7 Å². The highest BCUT2D eigenvalue weighted by molar-refractivity contribution is 5.42. The molecular weight excluding hydrogens is 230 g/mol. The summed E-state index contributed by atoms with van der Waals surface area (Å²) in [4.78, 5) is 10.6. The SMILES string of the molecule is CCOc1cc(N2C[C@@H](C)OC(C)(C)C2)ncn1. The Balaban J connectivity index is 2.17. The molecule has 0 spiro atoms. The molecule has 0 amide bonds. The predicted octanol–water partition coefficient (Wildman–Crippen LogP) is 1.88. The largest absolute Gasteiger partial charge is 0.478 e. The fourth-order valence-corrected chi connectivity index (χ4v) is 2.36. The van der Waals surface area contributed by atoms with Crippen LogP contribution in [-0.4, -0.2) is 41.4 Å². The minimum Gasteiger partial charge on any atom is -0.478 e. The Morgan fingerprint density at radius 2 is 2.28 bits per heavy atom. The maximum Gasteiger partial charge on any atom is 0.218 e. The minimum absolute atomic E-state index is 0.158. The van der Waals surface area contributed by atoms with Crippen molar-refractivity contribution in [2.45, 2.75) is 39.4 Å². The lowest BCUT2D eigenvalue weighted by Crippen LogP contribution is -2.52. The van der Waals surface area contributed by atoms with Crippen LogP contribution in [0.4, 0.5) is 5.82 Å². The molecule has 5 heteroatoms. The van der Waals surface area contributed by atoms with Gasteiger partial charge in [-0.25, -0.2) is 9.97 Å². The lowest BCUT2D eigenvalue weighted by molar-refractivity contribution is -0.0751. The Hall–Kier alpha value is -1.36. The van der Waals surface area contributed by atoms with Crippen LogP contribution in [0.2, 0.25) is 0 Å². The molecule has 0 N–H and O–H groups in total. The van der Waals surface area contributed by atoms with Gasteiger partial charge in [-0.15, -0.1) is 0 Å². The average molecular weight is 251 g/mol. The van der Waals surface area contributed by atoms with Crippen molar-refractivity contribution in [2.24, 2.45) is 0 Å². The Labute approximate surface area is 108 Å². The first-order valence-electron chi connectivity index (χ1n) is 6.38. The van der Waals surface area contributed by atoms with Gasteiger partial charge >= 0.3 is 0 Å². The second kappa shape index (κ2) is 5.10. The molecule has 1 fully saturated rings. The first kappa shape index (κ1) is 13.1. The fraction of sp³-hybridized carbons (Fsp3) is 0.692. The summed E-state index contributed by atoms with van der Waals surface area (Å²) in [5.74, 6) is 1.52. The highest BCUT2D eigenvalue weighted by atomic mass is 16.5. The van der Waals surface area contributed by atoms with Gasteiger partial charge in [0.2, 0.25) is 5.88 Å². The third-order valence-corrected chi connectivity index (χ3v) is 2.81. The van der Waals surface area contributed by atoms with Gasteiger partial charge < -0.3 is 14.4 Å². The van der Waals surface area contributed by atoms with Crippen molar-refractivity contribution in [2.75, 3.05) is 24.6 Å². The second-order valence-electron chi connectivity index (χ2n) is 5.22. The van der Waals surface area contributed by atoms with Crippen LogP contribution in [-0.2, 0) is 4.74 Å². The summed E-state index contributed by atoms with van der Waals surface area (Å²) in [5, 5.41) is 0. The molecular formula is C13H21N3O2. The summed E-state index contributed by atoms with van der Waals surface area (Å²) in [6, 6.07) is 1.89. The van der Waals surface area contributed by atoms with E-state index in [0.717, 1.165) is 18.9 Å². The van der Waals surface area contributed by atoms with E-state index in [4.69, 9.17) is 9.47 Å². The Bertz CT molecular complexity index is 409. The molecule has 1 aliphatic heterocycles. The van der Waals surface area contributed by atoms with E-state index in [9.17, 15) is 0 Å². The van der Waals surface area contributed by atoms with E-state index >= 15 is 0 Å². The van der Waals surface area contributed by atoms with Crippen molar-refractivity contribution in [1.29, 1.82) is 0 Å². The van der Waals surface area contributed by atoms with E-state index in [-0.39, 0.29) is 11.7 Å². The number of hydrogen-bond donors (Lipinski definition) is 0. The van der Waals surface area contributed by atoms with Gasteiger partial charge in [-0.2, -0.15) is 0 Å². The van der Waals surface area contributed by atoms with Gasteiger partial charge in [0, 0.05) is 19.2 Å². The van der Waals surface area contributed by atoms with Crippen molar-refractivity contribution >= 4 is 5.82 Å². The summed E-state index contributed by atoms with van der Waals surface area (Å²) in [7, 11) is 0.